The van der Waals surface area contributed by atoms with Crippen LogP contribution in [0.15, 0.2) is 42.5 Å². The van der Waals surface area contributed by atoms with E-state index in [1.165, 1.54) is 16.3 Å². The molecule has 2 aromatic carbocycles. The summed E-state index contributed by atoms with van der Waals surface area (Å²) in [5.41, 5.74) is 5.54. The SMILES string of the molecule is CC[C@H]([NH3+])c1cccc2ccccc12. The maximum Gasteiger partial charge on any atom is 0.110 e. The number of hydrogen-bond acceptors (Lipinski definition) is 0. The summed E-state index contributed by atoms with van der Waals surface area (Å²) in [6.07, 6.45) is 1.09. The lowest BCUT2D eigenvalue weighted by molar-refractivity contribution is -0.426. The van der Waals surface area contributed by atoms with Crippen molar-refractivity contribution in [3.63, 3.8) is 0 Å². The van der Waals surface area contributed by atoms with Gasteiger partial charge >= 0.3 is 0 Å². The third-order valence-electron chi connectivity index (χ3n) is 2.76. The van der Waals surface area contributed by atoms with Gasteiger partial charge in [-0.25, -0.2) is 0 Å². The number of benzene rings is 2. The van der Waals surface area contributed by atoms with Crippen LogP contribution < -0.4 is 5.73 Å². The molecule has 1 nitrogen and oxygen atoms in total. The molecule has 2 rings (SSSR count). The maximum atomic E-state index is 4.18. The van der Waals surface area contributed by atoms with E-state index in [0.717, 1.165) is 6.42 Å². The van der Waals surface area contributed by atoms with Gasteiger partial charge < -0.3 is 5.73 Å². The average molecular weight is 186 g/mol. The second-order valence-corrected chi connectivity index (χ2v) is 3.67. The molecule has 0 heterocycles. The fraction of sp³-hybridized carbons (Fsp3) is 0.231. The van der Waals surface area contributed by atoms with E-state index >= 15 is 0 Å². The molecular weight excluding hydrogens is 170 g/mol. The third-order valence-corrected chi connectivity index (χ3v) is 2.76. The summed E-state index contributed by atoms with van der Waals surface area (Å²) < 4.78 is 0. The highest BCUT2D eigenvalue weighted by atomic mass is 14.6. The molecule has 0 aliphatic heterocycles. The second kappa shape index (κ2) is 3.81. The topological polar surface area (TPSA) is 27.6 Å². The van der Waals surface area contributed by atoms with Crippen molar-refractivity contribution in [2.45, 2.75) is 19.4 Å². The first-order valence-electron chi connectivity index (χ1n) is 5.13. The molecule has 1 atom stereocenters. The van der Waals surface area contributed by atoms with E-state index in [9.17, 15) is 0 Å². The van der Waals surface area contributed by atoms with Crippen molar-refractivity contribution < 1.29 is 5.73 Å². The molecular formula is C13H16N+. The van der Waals surface area contributed by atoms with Crippen molar-refractivity contribution in [2.24, 2.45) is 0 Å². The summed E-state index contributed by atoms with van der Waals surface area (Å²) in [7, 11) is 0. The molecule has 0 aliphatic rings. The standard InChI is InChI=1S/C13H15N/c1-2-13(14)12-9-5-7-10-6-3-4-8-11(10)12/h3-9,13H,2,14H2,1H3/p+1/t13-/m0/s1. The maximum absolute atomic E-state index is 4.18. The number of rotatable bonds is 2. The number of hydrogen-bond donors (Lipinski definition) is 1. The highest BCUT2D eigenvalue weighted by Gasteiger charge is 2.09. The second-order valence-electron chi connectivity index (χ2n) is 3.67. The van der Waals surface area contributed by atoms with E-state index in [4.69, 9.17) is 0 Å². The summed E-state index contributed by atoms with van der Waals surface area (Å²) in [5.74, 6) is 0. The van der Waals surface area contributed by atoms with Crippen LogP contribution in [0.4, 0.5) is 0 Å². The van der Waals surface area contributed by atoms with Gasteiger partial charge in [0.2, 0.25) is 0 Å². The summed E-state index contributed by atoms with van der Waals surface area (Å²) in [6, 6.07) is 15.4. The number of fused-ring (bicyclic) bond motifs is 1. The van der Waals surface area contributed by atoms with E-state index in [-0.39, 0.29) is 0 Å². The summed E-state index contributed by atoms with van der Waals surface area (Å²) >= 11 is 0. The number of quaternary nitrogens is 1. The Labute approximate surface area is 84.5 Å². The predicted molar refractivity (Wildman–Crippen MR) is 59.9 cm³/mol. The van der Waals surface area contributed by atoms with Crippen LogP contribution in [0.5, 0.6) is 0 Å². The Bertz CT molecular complexity index is 429. The summed E-state index contributed by atoms with van der Waals surface area (Å²) in [5, 5.41) is 2.66. The van der Waals surface area contributed by atoms with Crippen LogP contribution in [0.2, 0.25) is 0 Å². The normalized spacial score (nSPS) is 13.0. The molecule has 1 heteroatoms. The molecule has 0 fully saturated rings. The molecule has 0 unspecified atom stereocenters. The van der Waals surface area contributed by atoms with Gasteiger partial charge in [-0.2, -0.15) is 0 Å². The van der Waals surface area contributed by atoms with Crippen molar-refractivity contribution in [1.82, 2.24) is 0 Å². The molecule has 0 spiro atoms. The lowest BCUT2D eigenvalue weighted by Gasteiger charge is -2.09. The molecule has 3 N–H and O–H groups in total. The van der Waals surface area contributed by atoms with Crippen LogP contribution in [-0.2, 0) is 0 Å². The van der Waals surface area contributed by atoms with Gasteiger partial charge in [-0.15, -0.1) is 0 Å². The van der Waals surface area contributed by atoms with Gasteiger partial charge in [0.25, 0.3) is 0 Å². The molecule has 0 radical (unpaired) electrons. The Morgan fingerprint density at radius 3 is 2.57 bits per heavy atom. The summed E-state index contributed by atoms with van der Waals surface area (Å²) in [4.78, 5) is 0. The molecule has 0 saturated carbocycles. The molecule has 2 aromatic rings. The van der Waals surface area contributed by atoms with Gasteiger partial charge in [0.05, 0.1) is 0 Å². The highest BCUT2D eigenvalue weighted by Crippen LogP contribution is 2.23. The van der Waals surface area contributed by atoms with Gasteiger partial charge in [-0.05, 0) is 10.8 Å². The zero-order chi connectivity index (χ0) is 9.97. The molecule has 0 bridgehead atoms. The Balaban J connectivity index is 2.65. The first-order chi connectivity index (χ1) is 6.83. The van der Waals surface area contributed by atoms with Crippen molar-refractivity contribution in [2.75, 3.05) is 0 Å². The van der Waals surface area contributed by atoms with Crippen molar-refractivity contribution in [3.8, 4) is 0 Å². The smallest absolute Gasteiger partial charge is 0.110 e. The van der Waals surface area contributed by atoms with E-state index in [2.05, 4.69) is 55.1 Å². The molecule has 0 amide bonds. The van der Waals surface area contributed by atoms with Crippen molar-refractivity contribution >= 4 is 10.8 Å². The lowest BCUT2D eigenvalue weighted by Crippen LogP contribution is -2.53. The first kappa shape index (κ1) is 9.22. The fourth-order valence-corrected chi connectivity index (χ4v) is 1.83. The first-order valence-corrected chi connectivity index (χ1v) is 5.13. The Morgan fingerprint density at radius 2 is 1.79 bits per heavy atom. The van der Waals surface area contributed by atoms with Crippen LogP contribution in [0.3, 0.4) is 0 Å². The van der Waals surface area contributed by atoms with Gasteiger partial charge in [0.15, 0.2) is 0 Å². The van der Waals surface area contributed by atoms with E-state index in [1.54, 1.807) is 0 Å². The van der Waals surface area contributed by atoms with Gasteiger partial charge in [0, 0.05) is 12.0 Å². The van der Waals surface area contributed by atoms with Crippen LogP contribution >= 0.6 is 0 Å². The lowest BCUT2D eigenvalue weighted by atomic mass is 9.98. The molecule has 0 aromatic heterocycles. The van der Waals surface area contributed by atoms with Crippen LogP contribution in [0, 0.1) is 0 Å². The van der Waals surface area contributed by atoms with Gasteiger partial charge in [0.1, 0.15) is 6.04 Å². The molecule has 14 heavy (non-hydrogen) atoms. The minimum atomic E-state index is 0.404. The Hall–Kier alpha value is -1.34. The minimum absolute atomic E-state index is 0.404. The van der Waals surface area contributed by atoms with Crippen LogP contribution in [0.25, 0.3) is 10.8 Å². The molecule has 0 saturated heterocycles. The fourth-order valence-electron chi connectivity index (χ4n) is 1.83. The molecule has 72 valence electrons. The van der Waals surface area contributed by atoms with Crippen molar-refractivity contribution in [3.05, 3.63) is 48.0 Å². The Kier molecular flexibility index (Phi) is 2.51. The van der Waals surface area contributed by atoms with Crippen LogP contribution in [-0.4, -0.2) is 0 Å². The monoisotopic (exact) mass is 186 g/mol. The van der Waals surface area contributed by atoms with E-state index in [0.29, 0.717) is 6.04 Å². The van der Waals surface area contributed by atoms with Gasteiger partial charge in [-0.1, -0.05) is 49.4 Å². The minimum Gasteiger partial charge on any atom is -0.351 e. The average Bonchev–Trinajstić information content (AvgIpc) is 2.27. The largest absolute Gasteiger partial charge is 0.351 e. The zero-order valence-corrected chi connectivity index (χ0v) is 8.53. The predicted octanol–water partition coefficient (Wildman–Crippen LogP) is 2.53. The highest BCUT2D eigenvalue weighted by molar-refractivity contribution is 5.85. The van der Waals surface area contributed by atoms with Gasteiger partial charge in [-0.3, -0.25) is 0 Å². The van der Waals surface area contributed by atoms with Crippen molar-refractivity contribution in [1.29, 1.82) is 0 Å². The van der Waals surface area contributed by atoms with E-state index in [1.807, 2.05) is 0 Å². The third kappa shape index (κ3) is 1.51. The van der Waals surface area contributed by atoms with E-state index < -0.39 is 0 Å². The zero-order valence-electron chi connectivity index (χ0n) is 8.53. The Morgan fingerprint density at radius 1 is 1.07 bits per heavy atom. The molecule has 0 aliphatic carbocycles. The summed E-state index contributed by atoms with van der Waals surface area (Å²) in [6.45, 7) is 2.18. The van der Waals surface area contributed by atoms with Crippen LogP contribution in [0.1, 0.15) is 24.9 Å². The quantitative estimate of drug-likeness (QED) is 0.746.